The highest BCUT2D eigenvalue weighted by atomic mass is 35.5. The average molecular weight is 228 g/mol. The van der Waals surface area contributed by atoms with Crippen LogP contribution in [0.15, 0.2) is 0 Å². The van der Waals surface area contributed by atoms with Crippen molar-refractivity contribution in [1.29, 1.82) is 0 Å². The Morgan fingerprint density at radius 3 is 2.23 bits per heavy atom. The summed E-state index contributed by atoms with van der Waals surface area (Å²) in [5.41, 5.74) is 0. The number of halogens is 1. The van der Waals surface area contributed by atoms with Crippen LogP contribution in [0.3, 0.4) is 0 Å². The van der Waals surface area contributed by atoms with Gasteiger partial charge in [0.15, 0.2) is 0 Å². The molecule has 0 aliphatic rings. The SMILES string of the molecule is CCC(CCl)NS(=O)(=O)CC(C)C. The fourth-order valence-corrected chi connectivity index (χ4v) is 3.08. The minimum atomic E-state index is -3.14. The van der Waals surface area contributed by atoms with Gasteiger partial charge in [-0.25, -0.2) is 13.1 Å². The van der Waals surface area contributed by atoms with Crippen LogP contribution in [-0.4, -0.2) is 26.1 Å². The summed E-state index contributed by atoms with van der Waals surface area (Å²) in [6.45, 7) is 5.66. The third kappa shape index (κ3) is 6.29. The molecule has 5 heteroatoms. The van der Waals surface area contributed by atoms with Crippen molar-refractivity contribution in [3.05, 3.63) is 0 Å². The molecule has 0 aromatic rings. The van der Waals surface area contributed by atoms with E-state index in [0.29, 0.717) is 5.88 Å². The highest BCUT2D eigenvalue weighted by molar-refractivity contribution is 7.89. The van der Waals surface area contributed by atoms with Gasteiger partial charge in [0.05, 0.1) is 5.75 Å². The molecule has 1 N–H and O–H groups in total. The lowest BCUT2D eigenvalue weighted by molar-refractivity contribution is 0.546. The maximum absolute atomic E-state index is 11.4. The molecule has 0 heterocycles. The molecule has 0 saturated carbocycles. The molecular formula is C8H18ClNO2S. The van der Waals surface area contributed by atoms with Crippen LogP contribution in [0.2, 0.25) is 0 Å². The summed E-state index contributed by atoms with van der Waals surface area (Å²) in [4.78, 5) is 0. The molecule has 0 radical (unpaired) electrons. The second-order valence-electron chi connectivity index (χ2n) is 3.55. The highest BCUT2D eigenvalue weighted by Gasteiger charge is 2.16. The van der Waals surface area contributed by atoms with Crippen molar-refractivity contribution in [2.24, 2.45) is 5.92 Å². The molecule has 0 fully saturated rings. The predicted octanol–water partition coefficient (Wildman–Crippen LogP) is 1.58. The van der Waals surface area contributed by atoms with Gasteiger partial charge in [0.25, 0.3) is 0 Å². The molecule has 0 aromatic heterocycles. The fraction of sp³-hybridized carbons (Fsp3) is 1.00. The second kappa shape index (κ2) is 5.83. The quantitative estimate of drug-likeness (QED) is 0.701. The summed E-state index contributed by atoms with van der Waals surface area (Å²) >= 11 is 5.58. The number of nitrogens with one attached hydrogen (secondary N) is 1. The molecule has 0 rings (SSSR count). The van der Waals surface area contributed by atoms with E-state index in [-0.39, 0.29) is 17.7 Å². The molecule has 0 bridgehead atoms. The van der Waals surface area contributed by atoms with Crippen molar-refractivity contribution in [3.8, 4) is 0 Å². The van der Waals surface area contributed by atoms with E-state index in [1.807, 2.05) is 20.8 Å². The van der Waals surface area contributed by atoms with Gasteiger partial charge < -0.3 is 0 Å². The third-order valence-corrected chi connectivity index (χ3v) is 3.75. The molecule has 0 aromatic carbocycles. The van der Waals surface area contributed by atoms with E-state index in [1.54, 1.807) is 0 Å². The third-order valence-electron chi connectivity index (χ3n) is 1.58. The zero-order chi connectivity index (χ0) is 10.5. The van der Waals surface area contributed by atoms with Crippen LogP contribution in [-0.2, 0) is 10.0 Å². The Bertz CT molecular complexity index is 222. The van der Waals surface area contributed by atoms with Gasteiger partial charge in [-0.1, -0.05) is 20.8 Å². The Morgan fingerprint density at radius 1 is 1.38 bits per heavy atom. The Morgan fingerprint density at radius 2 is 1.92 bits per heavy atom. The molecule has 0 aliphatic carbocycles. The number of rotatable bonds is 6. The molecular weight excluding hydrogens is 210 g/mol. The van der Waals surface area contributed by atoms with E-state index in [0.717, 1.165) is 6.42 Å². The summed E-state index contributed by atoms with van der Waals surface area (Å²) in [5, 5.41) is 0. The van der Waals surface area contributed by atoms with E-state index in [9.17, 15) is 8.42 Å². The Balaban J connectivity index is 4.16. The molecule has 0 saturated heterocycles. The predicted molar refractivity (Wildman–Crippen MR) is 56.6 cm³/mol. The lowest BCUT2D eigenvalue weighted by Gasteiger charge is -2.14. The van der Waals surface area contributed by atoms with Crippen LogP contribution in [0.25, 0.3) is 0 Å². The molecule has 0 spiro atoms. The Kier molecular flexibility index (Phi) is 5.92. The van der Waals surface area contributed by atoms with E-state index < -0.39 is 10.0 Å². The van der Waals surface area contributed by atoms with Crippen molar-refractivity contribution >= 4 is 21.6 Å². The maximum Gasteiger partial charge on any atom is 0.212 e. The zero-order valence-electron chi connectivity index (χ0n) is 8.38. The van der Waals surface area contributed by atoms with Crippen LogP contribution in [0.1, 0.15) is 27.2 Å². The van der Waals surface area contributed by atoms with E-state index in [2.05, 4.69) is 4.72 Å². The minimum absolute atomic E-state index is 0.134. The summed E-state index contributed by atoms with van der Waals surface area (Å²) in [7, 11) is -3.14. The lowest BCUT2D eigenvalue weighted by atomic mass is 10.3. The summed E-state index contributed by atoms with van der Waals surface area (Å²) in [5.74, 6) is 0.638. The molecule has 80 valence electrons. The van der Waals surface area contributed by atoms with Crippen molar-refractivity contribution in [3.63, 3.8) is 0 Å². The lowest BCUT2D eigenvalue weighted by Crippen LogP contribution is -2.38. The van der Waals surface area contributed by atoms with Crippen LogP contribution in [0.5, 0.6) is 0 Å². The largest absolute Gasteiger partial charge is 0.212 e. The van der Waals surface area contributed by atoms with E-state index in [1.165, 1.54) is 0 Å². The standard InChI is InChI=1S/C8H18ClNO2S/c1-4-8(5-9)10-13(11,12)6-7(2)3/h7-8,10H,4-6H2,1-3H3. The fourth-order valence-electron chi connectivity index (χ4n) is 0.965. The molecule has 0 amide bonds. The van der Waals surface area contributed by atoms with E-state index >= 15 is 0 Å². The van der Waals surface area contributed by atoms with Crippen LogP contribution in [0.4, 0.5) is 0 Å². The smallest absolute Gasteiger partial charge is 0.212 e. The van der Waals surface area contributed by atoms with Crippen molar-refractivity contribution in [1.82, 2.24) is 4.72 Å². The summed E-state index contributed by atoms with van der Waals surface area (Å²) in [6.07, 6.45) is 0.723. The molecule has 0 aliphatic heterocycles. The van der Waals surface area contributed by atoms with Gasteiger partial charge in [-0.2, -0.15) is 0 Å². The molecule has 1 atom stereocenters. The zero-order valence-corrected chi connectivity index (χ0v) is 9.95. The average Bonchev–Trinajstić information content (AvgIpc) is 1.97. The first kappa shape index (κ1) is 13.2. The van der Waals surface area contributed by atoms with Crippen LogP contribution in [0, 0.1) is 5.92 Å². The van der Waals surface area contributed by atoms with Gasteiger partial charge in [-0.05, 0) is 12.3 Å². The van der Waals surface area contributed by atoms with Gasteiger partial charge in [-0.15, -0.1) is 11.6 Å². The van der Waals surface area contributed by atoms with Crippen molar-refractivity contribution in [2.75, 3.05) is 11.6 Å². The van der Waals surface area contributed by atoms with Gasteiger partial charge in [0, 0.05) is 11.9 Å². The summed E-state index contributed by atoms with van der Waals surface area (Å²) < 4.78 is 25.4. The number of alkyl halides is 1. The van der Waals surface area contributed by atoms with Gasteiger partial charge in [0.1, 0.15) is 0 Å². The van der Waals surface area contributed by atoms with E-state index in [4.69, 9.17) is 11.6 Å². The maximum atomic E-state index is 11.4. The minimum Gasteiger partial charge on any atom is -0.212 e. The Hall–Kier alpha value is 0.200. The van der Waals surface area contributed by atoms with Gasteiger partial charge in [-0.3, -0.25) is 0 Å². The van der Waals surface area contributed by atoms with Gasteiger partial charge >= 0.3 is 0 Å². The van der Waals surface area contributed by atoms with Gasteiger partial charge in [0.2, 0.25) is 10.0 Å². The first-order valence-electron chi connectivity index (χ1n) is 4.47. The monoisotopic (exact) mass is 227 g/mol. The topological polar surface area (TPSA) is 46.2 Å². The first-order chi connectivity index (χ1) is 5.91. The Labute approximate surface area is 85.9 Å². The normalized spacial score (nSPS) is 14.8. The molecule has 13 heavy (non-hydrogen) atoms. The number of sulfonamides is 1. The molecule has 1 unspecified atom stereocenters. The number of hydrogen-bond donors (Lipinski definition) is 1. The second-order valence-corrected chi connectivity index (χ2v) is 5.66. The molecule has 3 nitrogen and oxygen atoms in total. The highest BCUT2D eigenvalue weighted by Crippen LogP contribution is 2.02. The summed E-state index contributed by atoms with van der Waals surface area (Å²) in [6, 6.07) is -0.134. The van der Waals surface area contributed by atoms with Crippen molar-refractivity contribution < 1.29 is 8.42 Å². The first-order valence-corrected chi connectivity index (χ1v) is 6.66. The van der Waals surface area contributed by atoms with Crippen LogP contribution >= 0.6 is 11.6 Å². The van der Waals surface area contributed by atoms with Crippen LogP contribution < -0.4 is 4.72 Å². The van der Waals surface area contributed by atoms with Crippen molar-refractivity contribution in [2.45, 2.75) is 33.2 Å². The number of hydrogen-bond acceptors (Lipinski definition) is 2.